The Labute approximate surface area is 198 Å². The summed E-state index contributed by atoms with van der Waals surface area (Å²) in [6, 6.07) is 8.38. The summed E-state index contributed by atoms with van der Waals surface area (Å²) in [5.74, 6) is -5.67. The largest absolute Gasteiger partial charge is 0.493 e. The van der Waals surface area contributed by atoms with Crippen LogP contribution in [0.5, 0.6) is 11.5 Å². The topological polar surface area (TPSA) is 106 Å². The molecule has 3 aromatic rings. The highest BCUT2D eigenvalue weighted by atomic mass is 35.5. The van der Waals surface area contributed by atoms with Crippen LogP contribution in [0.15, 0.2) is 42.7 Å². The van der Waals surface area contributed by atoms with E-state index in [1.807, 2.05) is 6.07 Å². The average Bonchev–Trinajstić information content (AvgIpc) is 3.23. The Hall–Kier alpha value is -3.82. The molecule has 0 spiro atoms. The first-order valence-corrected chi connectivity index (χ1v) is 9.71. The van der Waals surface area contributed by atoms with E-state index in [-0.39, 0.29) is 31.7 Å². The molecule has 176 valence electrons. The molecule has 0 saturated heterocycles. The number of carbonyl (C=O) groups is 2. The van der Waals surface area contributed by atoms with E-state index in [0.29, 0.717) is 0 Å². The normalized spacial score (nSPS) is 11.0. The lowest BCUT2D eigenvalue weighted by Gasteiger charge is -2.13. The SMILES string of the molecule is N#Cc1cc(Cl)cc(Oc2c(Cl)ccc(CNC(=O)c3nccn3OC(=O)C(F)(F)F)c2F)c1. The molecule has 3 rings (SSSR count). The van der Waals surface area contributed by atoms with Crippen molar-refractivity contribution in [1.29, 1.82) is 5.26 Å². The van der Waals surface area contributed by atoms with E-state index >= 15 is 4.39 Å². The summed E-state index contributed by atoms with van der Waals surface area (Å²) >= 11 is 11.9. The van der Waals surface area contributed by atoms with Crippen molar-refractivity contribution < 1.29 is 36.7 Å². The maximum atomic E-state index is 15.0. The molecule has 1 aromatic heterocycles. The van der Waals surface area contributed by atoms with E-state index in [2.05, 4.69) is 15.1 Å². The first-order chi connectivity index (χ1) is 16.0. The minimum Gasteiger partial charge on any atom is -0.453 e. The lowest BCUT2D eigenvalue weighted by Crippen LogP contribution is -2.36. The van der Waals surface area contributed by atoms with E-state index in [0.717, 1.165) is 12.4 Å². The Morgan fingerprint density at radius 2 is 1.94 bits per heavy atom. The van der Waals surface area contributed by atoms with Gasteiger partial charge in [0.1, 0.15) is 5.75 Å². The van der Waals surface area contributed by atoms with Crippen LogP contribution in [0, 0.1) is 17.1 Å². The van der Waals surface area contributed by atoms with Crippen LogP contribution in [0.4, 0.5) is 17.6 Å². The molecule has 8 nitrogen and oxygen atoms in total. The smallest absolute Gasteiger partial charge is 0.453 e. The van der Waals surface area contributed by atoms with Crippen LogP contribution in [0.3, 0.4) is 0 Å². The summed E-state index contributed by atoms with van der Waals surface area (Å²) in [7, 11) is 0. The number of hydrogen-bond acceptors (Lipinski definition) is 6. The number of alkyl halides is 3. The second-order valence-corrected chi connectivity index (χ2v) is 7.22. The zero-order chi connectivity index (χ0) is 25.0. The highest BCUT2D eigenvalue weighted by Crippen LogP contribution is 2.35. The number of nitrogens with zero attached hydrogens (tertiary/aromatic N) is 3. The molecule has 1 heterocycles. The molecule has 1 N–H and O–H groups in total. The van der Waals surface area contributed by atoms with Crippen molar-refractivity contribution in [2.24, 2.45) is 0 Å². The summed E-state index contributed by atoms with van der Waals surface area (Å²) in [5.41, 5.74) is 0.0462. The van der Waals surface area contributed by atoms with Crippen molar-refractivity contribution in [3.8, 4) is 17.6 Å². The molecule has 34 heavy (non-hydrogen) atoms. The van der Waals surface area contributed by atoms with E-state index < -0.39 is 42.0 Å². The fourth-order valence-corrected chi connectivity index (χ4v) is 2.94. The van der Waals surface area contributed by atoms with Crippen molar-refractivity contribution in [3.05, 3.63) is 75.5 Å². The molecule has 2 aromatic carbocycles. The zero-order valence-corrected chi connectivity index (χ0v) is 18.0. The Balaban J connectivity index is 1.76. The summed E-state index contributed by atoms with van der Waals surface area (Å²) in [5, 5.41) is 11.3. The lowest BCUT2D eigenvalue weighted by molar-refractivity contribution is -0.200. The standard InChI is InChI=1S/C20H10Cl2F4N4O4/c21-12-5-10(8-27)6-13(7-12)33-16-14(22)2-1-11(15(16)23)9-29-18(31)17-28-3-4-30(17)34-19(32)20(24,25)26/h1-7H,9H2,(H,29,31). The number of carbonyl (C=O) groups excluding carboxylic acids is 2. The predicted molar refractivity (Wildman–Crippen MR) is 109 cm³/mol. The van der Waals surface area contributed by atoms with E-state index in [9.17, 15) is 22.8 Å². The Morgan fingerprint density at radius 3 is 2.62 bits per heavy atom. The maximum Gasteiger partial charge on any atom is 0.493 e. The molecule has 0 bridgehead atoms. The Kier molecular flexibility index (Phi) is 7.29. The monoisotopic (exact) mass is 516 g/mol. The number of rotatable bonds is 6. The Morgan fingerprint density at radius 1 is 1.21 bits per heavy atom. The van der Waals surface area contributed by atoms with Gasteiger partial charge < -0.3 is 14.9 Å². The summed E-state index contributed by atoms with van der Waals surface area (Å²) in [4.78, 5) is 30.9. The van der Waals surface area contributed by atoms with Gasteiger partial charge >= 0.3 is 12.1 Å². The quantitative estimate of drug-likeness (QED) is 0.485. The van der Waals surface area contributed by atoms with E-state index in [4.69, 9.17) is 33.2 Å². The van der Waals surface area contributed by atoms with Gasteiger partial charge in [-0.3, -0.25) is 4.79 Å². The second kappa shape index (κ2) is 9.98. The minimum atomic E-state index is -5.29. The number of imidazole rings is 1. The molecule has 0 radical (unpaired) electrons. The molecule has 0 aliphatic carbocycles. The maximum absolute atomic E-state index is 15.0. The van der Waals surface area contributed by atoms with Crippen LogP contribution in [0.1, 0.15) is 21.7 Å². The van der Waals surface area contributed by atoms with Crippen LogP contribution >= 0.6 is 23.2 Å². The first kappa shape index (κ1) is 24.8. The molecule has 0 saturated carbocycles. The van der Waals surface area contributed by atoms with Crippen molar-refractivity contribution in [3.63, 3.8) is 0 Å². The van der Waals surface area contributed by atoms with Crippen LogP contribution in [0.25, 0.3) is 0 Å². The Bertz CT molecular complexity index is 1300. The van der Waals surface area contributed by atoms with Gasteiger partial charge in [-0.05, 0) is 24.3 Å². The highest BCUT2D eigenvalue weighted by molar-refractivity contribution is 6.32. The van der Waals surface area contributed by atoms with Gasteiger partial charge in [0.15, 0.2) is 11.6 Å². The van der Waals surface area contributed by atoms with Gasteiger partial charge in [0, 0.05) is 23.3 Å². The summed E-state index contributed by atoms with van der Waals surface area (Å²) in [6.07, 6.45) is -3.56. The van der Waals surface area contributed by atoms with Crippen LogP contribution in [-0.2, 0) is 11.3 Å². The van der Waals surface area contributed by atoms with Gasteiger partial charge in [-0.2, -0.15) is 23.2 Å². The molecule has 0 fully saturated rings. The van der Waals surface area contributed by atoms with Crippen molar-refractivity contribution in [2.75, 3.05) is 0 Å². The zero-order valence-electron chi connectivity index (χ0n) is 16.5. The number of amides is 1. The van der Waals surface area contributed by atoms with E-state index in [1.54, 1.807) is 0 Å². The van der Waals surface area contributed by atoms with Gasteiger partial charge in [-0.25, -0.2) is 14.2 Å². The van der Waals surface area contributed by atoms with Crippen molar-refractivity contribution >= 4 is 35.1 Å². The van der Waals surface area contributed by atoms with Crippen LogP contribution in [0.2, 0.25) is 10.0 Å². The van der Waals surface area contributed by atoms with E-state index in [1.165, 1.54) is 30.3 Å². The second-order valence-electron chi connectivity index (χ2n) is 6.37. The summed E-state index contributed by atoms with van der Waals surface area (Å²) in [6.45, 7) is -0.461. The molecule has 1 amide bonds. The van der Waals surface area contributed by atoms with Gasteiger partial charge in [0.2, 0.25) is 5.82 Å². The van der Waals surface area contributed by atoms with Gasteiger partial charge in [0.25, 0.3) is 5.91 Å². The molecular weight excluding hydrogens is 507 g/mol. The number of benzene rings is 2. The van der Waals surface area contributed by atoms with Crippen molar-refractivity contribution in [2.45, 2.75) is 12.7 Å². The third-order valence-corrected chi connectivity index (χ3v) is 4.53. The number of nitriles is 1. The molecule has 0 unspecified atom stereocenters. The molecule has 14 heteroatoms. The number of nitrogens with one attached hydrogen (secondary N) is 1. The van der Waals surface area contributed by atoms with Gasteiger partial charge in [-0.1, -0.05) is 29.3 Å². The van der Waals surface area contributed by atoms with Crippen molar-refractivity contribution in [1.82, 2.24) is 15.0 Å². The minimum absolute atomic E-state index is 0.0274. The fraction of sp³-hybridized carbons (Fsp3) is 0.100. The van der Waals surface area contributed by atoms with Gasteiger partial charge in [-0.15, -0.1) is 0 Å². The molecule has 0 atom stereocenters. The lowest BCUT2D eigenvalue weighted by atomic mass is 10.2. The predicted octanol–water partition coefficient (Wildman–Crippen LogP) is 4.44. The van der Waals surface area contributed by atoms with Gasteiger partial charge in [0.05, 0.1) is 22.9 Å². The van der Waals surface area contributed by atoms with Crippen LogP contribution in [-0.4, -0.2) is 27.8 Å². The van der Waals surface area contributed by atoms with Crippen LogP contribution < -0.4 is 14.9 Å². The molecule has 0 aliphatic heterocycles. The fourth-order valence-electron chi connectivity index (χ4n) is 2.53. The third-order valence-electron chi connectivity index (χ3n) is 4.01. The third kappa shape index (κ3) is 5.75. The number of hydrogen-bond donors (Lipinski definition) is 1. The number of ether oxygens (including phenoxy) is 1. The highest BCUT2D eigenvalue weighted by Gasteiger charge is 2.42. The number of halogens is 6. The average molecular weight is 517 g/mol. The molecular formula is C20H10Cl2F4N4O4. The number of aromatic nitrogens is 2. The molecule has 0 aliphatic rings. The first-order valence-electron chi connectivity index (χ1n) is 8.96. The summed E-state index contributed by atoms with van der Waals surface area (Å²) < 4.78 is 57.8.